The molecule has 2 aromatic carbocycles. The van der Waals surface area contributed by atoms with Crippen LogP contribution in [0.15, 0.2) is 48.5 Å². The Labute approximate surface area is 126 Å². The molecule has 0 aliphatic carbocycles. The smallest absolute Gasteiger partial charge is 0.180 e. The van der Waals surface area contributed by atoms with E-state index < -0.39 is 11.6 Å². The van der Waals surface area contributed by atoms with Gasteiger partial charge in [0.1, 0.15) is 11.6 Å². The highest BCUT2D eigenvalue weighted by Crippen LogP contribution is 2.07. The number of carbonyl (C=O) groups excluding carboxylic acids is 2. The minimum Gasteiger partial charge on any atom is -0.294 e. The molecular weight excluding hydrogens is 298 g/mol. The van der Waals surface area contributed by atoms with Crippen molar-refractivity contribution in [1.82, 2.24) is 0 Å². The van der Waals surface area contributed by atoms with E-state index in [0.717, 1.165) is 0 Å². The fourth-order valence-corrected chi connectivity index (χ4v) is 1.65. The lowest BCUT2D eigenvalue weighted by Gasteiger charge is -1.96. The van der Waals surface area contributed by atoms with Gasteiger partial charge in [-0.2, -0.15) is 0 Å². The molecule has 2 nitrogen and oxygen atoms in total. The molecule has 0 radical (unpaired) electrons. The van der Waals surface area contributed by atoms with Crippen LogP contribution in [0.4, 0.5) is 8.78 Å². The van der Waals surface area contributed by atoms with Gasteiger partial charge in [-0.1, -0.05) is 24.3 Å². The van der Waals surface area contributed by atoms with Crippen LogP contribution < -0.4 is 0 Å². The molecule has 0 unspecified atom stereocenters. The molecule has 0 N–H and O–H groups in total. The minimum atomic E-state index is -0.516. The zero-order chi connectivity index (χ0) is 15.8. The van der Waals surface area contributed by atoms with Crippen LogP contribution in [-0.4, -0.2) is 17.4 Å². The SMILES string of the molecule is CC(=O)c1ccccc1F.O=C(CCl)c1ccccc1F. The maximum absolute atomic E-state index is 12.7. The molecular formula is C16H13ClF2O2. The fraction of sp³-hybridized carbons (Fsp3) is 0.125. The molecule has 0 saturated heterocycles. The first-order chi connectivity index (χ1) is 9.97. The predicted molar refractivity (Wildman–Crippen MR) is 77.9 cm³/mol. The Morgan fingerprint density at radius 3 is 1.67 bits per heavy atom. The monoisotopic (exact) mass is 310 g/mol. The Kier molecular flexibility index (Phi) is 6.69. The molecule has 0 aromatic heterocycles. The third kappa shape index (κ3) is 5.08. The first-order valence-electron chi connectivity index (χ1n) is 6.06. The second-order valence-corrected chi connectivity index (χ2v) is 4.34. The number of hydrogen-bond donors (Lipinski definition) is 0. The maximum Gasteiger partial charge on any atom is 0.180 e. The summed E-state index contributed by atoms with van der Waals surface area (Å²) in [5.41, 5.74) is 0.213. The van der Waals surface area contributed by atoms with Crippen molar-refractivity contribution in [2.24, 2.45) is 0 Å². The van der Waals surface area contributed by atoms with E-state index in [1.165, 1.54) is 37.3 Å². The summed E-state index contributed by atoms with van der Waals surface area (Å²) in [5, 5.41) is 0. The summed E-state index contributed by atoms with van der Waals surface area (Å²) in [6.45, 7) is 1.35. The first kappa shape index (κ1) is 17.0. The summed E-state index contributed by atoms with van der Waals surface area (Å²) < 4.78 is 25.4. The number of Topliss-reactive ketones (excluding diaryl/α,β-unsaturated/α-hetero) is 2. The van der Waals surface area contributed by atoms with Crippen LogP contribution >= 0.6 is 11.6 Å². The molecule has 0 atom stereocenters. The van der Waals surface area contributed by atoms with E-state index in [0.29, 0.717) is 0 Å². The van der Waals surface area contributed by atoms with Gasteiger partial charge in [-0.25, -0.2) is 8.78 Å². The molecule has 0 bridgehead atoms. The van der Waals surface area contributed by atoms with Crippen molar-refractivity contribution in [2.45, 2.75) is 6.92 Å². The van der Waals surface area contributed by atoms with Crippen molar-refractivity contribution in [2.75, 3.05) is 5.88 Å². The maximum atomic E-state index is 12.7. The lowest BCUT2D eigenvalue weighted by atomic mass is 10.1. The van der Waals surface area contributed by atoms with Gasteiger partial charge in [-0.05, 0) is 31.2 Å². The van der Waals surface area contributed by atoms with Crippen molar-refractivity contribution < 1.29 is 18.4 Å². The largest absolute Gasteiger partial charge is 0.294 e. The molecule has 2 rings (SSSR count). The van der Waals surface area contributed by atoms with Gasteiger partial charge in [0.05, 0.1) is 17.0 Å². The normalized spacial score (nSPS) is 9.52. The van der Waals surface area contributed by atoms with Gasteiger partial charge in [0, 0.05) is 0 Å². The number of halogens is 3. The van der Waals surface area contributed by atoms with Crippen LogP contribution in [0.3, 0.4) is 0 Å². The molecule has 0 aliphatic heterocycles. The second kappa shape index (κ2) is 8.27. The van der Waals surface area contributed by atoms with Gasteiger partial charge in [0.15, 0.2) is 11.6 Å². The van der Waals surface area contributed by atoms with Crippen molar-refractivity contribution in [3.05, 3.63) is 71.3 Å². The van der Waals surface area contributed by atoms with E-state index in [1.807, 2.05) is 0 Å². The topological polar surface area (TPSA) is 34.1 Å². The van der Waals surface area contributed by atoms with E-state index >= 15 is 0 Å². The third-order valence-electron chi connectivity index (χ3n) is 2.55. The Bertz CT molecular complexity index is 642. The number of ketones is 2. The molecule has 0 amide bonds. The van der Waals surface area contributed by atoms with Gasteiger partial charge in [-0.15, -0.1) is 11.6 Å². The van der Waals surface area contributed by atoms with Crippen molar-refractivity contribution in [1.29, 1.82) is 0 Å². The van der Waals surface area contributed by atoms with E-state index in [9.17, 15) is 18.4 Å². The highest BCUT2D eigenvalue weighted by molar-refractivity contribution is 6.30. The predicted octanol–water partition coefficient (Wildman–Crippen LogP) is 4.28. The second-order valence-electron chi connectivity index (χ2n) is 4.07. The molecule has 110 valence electrons. The van der Waals surface area contributed by atoms with Crippen LogP contribution in [-0.2, 0) is 0 Å². The Hall–Kier alpha value is -2.07. The first-order valence-corrected chi connectivity index (χ1v) is 6.60. The van der Waals surface area contributed by atoms with Gasteiger partial charge in [0.25, 0.3) is 0 Å². The van der Waals surface area contributed by atoms with E-state index in [2.05, 4.69) is 0 Å². The van der Waals surface area contributed by atoms with Crippen LogP contribution in [0.5, 0.6) is 0 Å². The molecule has 0 heterocycles. The number of benzene rings is 2. The van der Waals surface area contributed by atoms with Crippen molar-refractivity contribution in [3.63, 3.8) is 0 Å². The molecule has 5 heteroatoms. The lowest BCUT2D eigenvalue weighted by molar-refractivity contribution is 0.100. The summed E-state index contributed by atoms with van der Waals surface area (Å²) in [4.78, 5) is 21.5. The van der Waals surface area contributed by atoms with E-state index in [-0.39, 0.29) is 28.6 Å². The Balaban J connectivity index is 0.000000211. The van der Waals surface area contributed by atoms with E-state index in [4.69, 9.17) is 11.6 Å². The van der Waals surface area contributed by atoms with Gasteiger partial charge < -0.3 is 0 Å². The summed E-state index contributed by atoms with van der Waals surface area (Å²) >= 11 is 5.24. The molecule has 2 aromatic rings. The highest BCUT2D eigenvalue weighted by Gasteiger charge is 2.08. The van der Waals surface area contributed by atoms with Crippen LogP contribution in [0, 0.1) is 11.6 Å². The summed E-state index contributed by atoms with van der Waals surface area (Å²) in [7, 11) is 0. The van der Waals surface area contributed by atoms with E-state index in [1.54, 1.807) is 18.2 Å². The van der Waals surface area contributed by atoms with Crippen molar-refractivity contribution in [3.8, 4) is 0 Å². The van der Waals surface area contributed by atoms with Gasteiger partial charge in [0.2, 0.25) is 0 Å². The summed E-state index contributed by atoms with van der Waals surface area (Å²) in [5.74, 6) is -1.77. The molecule has 0 fully saturated rings. The van der Waals surface area contributed by atoms with Crippen LogP contribution in [0.1, 0.15) is 27.6 Å². The van der Waals surface area contributed by atoms with Crippen LogP contribution in [0.25, 0.3) is 0 Å². The standard InChI is InChI=1S/C8H6ClFO.C8H7FO/c9-5-8(11)6-3-1-2-4-7(6)10;1-6(10)7-4-2-3-5-8(7)9/h1-4H,5H2;2-5H,1H3. The fourth-order valence-electron chi connectivity index (χ4n) is 1.51. The molecule has 0 aliphatic rings. The lowest BCUT2D eigenvalue weighted by Crippen LogP contribution is -2.02. The van der Waals surface area contributed by atoms with Crippen molar-refractivity contribution >= 4 is 23.2 Å². The number of carbonyl (C=O) groups is 2. The average molecular weight is 311 g/mol. The molecule has 0 spiro atoms. The minimum absolute atomic E-state index is 0.0579. The number of rotatable bonds is 3. The quantitative estimate of drug-likeness (QED) is 0.626. The molecule has 21 heavy (non-hydrogen) atoms. The number of alkyl halides is 1. The van der Waals surface area contributed by atoms with Gasteiger partial charge in [-0.3, -0.25) is 9.59 Å². The average Bonchev–Trinajstić information content (AvgIpc) is 2.48. The zero-order valence-electron chi connectivity index (χ0n) is 11.3. The molecule has 0 saturated carbocycles. The van der Waals surface area contributed by atoms with Crippen LogP contribution in [0.2, 0.25) is 0 Å². The summed E-state index contributed by atoms with van der Waals surface area (Å²) in [6, 6.07) is 11.7. The third-order valence-corrected chi connectivity index (χ3v) is 2.79. The zero-order valence-corrected chi connectivity index (χ0v) is 12.0. The summed E-state index contributed by atoms with van der Waals surface area (Å²) in [6.07, 6.45) is 0. The number of hydrogen-bond acceptors (Lipinski definition) is 2. The Morgan fingerprint density at radius 1 is 0.905 bits per heavy atom. The Morgan fingerprint density at radius 2 is 1.33 bits per heavy atom. The highest BCUT2D eigenvalue weighted by atomic mass is 35.5. The van der Waals surface area contributed by atoms with Gasteiger partial charge >= 0.3 is 0 Å².